The average molecular weight is 246 g/mol. The Morgan fingerprint density at radius 2 is 2.11 bits per heavy atom. The van der Waals surface area contributed by atoms with E-state index in [-0.39, 0.29) is 19.1 Å². The van der Waals surface area contributed by atoms with Crippen LogP contribution >= 0.6 is 0 Å². The second kappa shape index (κ2) is 6.42. The minimum Gasteiger partial charge on any atom is -0.384 e. The van der Waals surface area contributed by atoms with Crippen LogP contribution in [-0.2, 0) is 4.79 Å². The molecule has 94 valence electrons. The predicted molar refractivity (Wildman–Crippen MR) is 66.7 cm³/mol. The molecule has 0 radical (unpaired) electrons. The molecule has 0 unspecified atom stereocenters. The molecular formula is C13H14N2O3. The average Bonchev–Trinajstić information content (AvgIpc) is 2.32. The normalized spacial score (nSPS) is 9.22. The van der Waals surface area contributed by atoms with Crippen molar-refractivity contribution in [3.05, 3.63) is 34.9 Å². The van der Waals surface area contributed by atoms with E-state index in [0.717, 1.165) is 5.56 Å². The van der Waals surface area contributed by atoms with Crippen LogP contribution in [0, 0.1) is 18.8 Å². The van der Waals surface area contributed by atoms with Gasteiger partial charge in [-0.2, -0.15) is 0 Å². The molecule has 0 aromatic heterocycles. The molecule has 0 aliphatic rings. The van der Waals surface area contributed by atoms with Crippen molar-refractivity contribution >= 4 is 11.8 Å². The maximum Gasteiger partial charge on any atom is 0.251 e. The van der Waals surface area contributed by atoms with Crippen LogP contribution in [0.4, 0.5) is 0 Å². The first kappa shape index (κ1) is 13.7. The second-order valence-electron chi connectivity index (χ2n) is 3.70. The summed E-state index contributed by atoms with van der Waals surface area (Å²) in [6.45, 7) is 1.39. The van der Waals surface area contributed by atoms with Crippen LogP contribution in [-0.4, -0.2) is 30.1 Å². The Balaban J connectivity index is 2.91. The van der Waals surface area contributed by atoms with Crippen molar-refractivity contribution in [2.24, 2.45) is 5.73 Å². The molecule has 1 aromatic carbocycles. The van der Waals surface area contributed by atoms with Gasteiger partial charge < -0.3 is 16.2 Å². The number of nitrogens with one attached hydrogen (secondary N) is 1. The molecule has 1 rings (SSSR count). The van der Waals surface area contributed by atoms with Crippen molar-refractivity contribution in [2.45, 2.75) is 6.92 Å². The van der Waals surface area contributed by atoms with Gasteiger partial charge in [-0.1, -0.05) is 11.8 Å². The minimum atomic E-state index is -0.601. The molecule has 0 saturated heterocycles. The van der Waals surface area contributed by atoms with Crippen LogP contribution in [0.15, 0.2) is 18.2 Å². The molecular weight excluding hydrogens is 232 g/mol. The Hall–Kier alpha value is -2.32. The zero-order valence-corrected chi connectivity index (χ0v) is 9.99. The fourth-order valence-electron chi connectivity index (χ4n) is 1.40. The summed E-state index contributed by atoms with van der Waals surface area (Å²) in [5, 5.41) is 11.0. The van der Waals surface area contributed by atoms with Gasteiger partial charge in [0.1, 0.15) is 6.61 Å². The number of rotatable bonds is 3. The predicted octanol–water partition coefficient (Wildman–Crippen LogP) is -0.446. The van der Waals surface area contributed by atoms with Crippen LogP contribution < -0.4 is 11.1 Å². The highest BCUT2D eigenvalue weighted by molar-refractivity contribution is 5.96. The maximum atomic E-state index is 11.7. The Labute approximate surface area is 105 Å². The van der Waals surface area contributed by atoms with Crippen LogP contribution in [0.25, 0.3) is 0 Å². The Morgan fingerprint density at radius 3 is 2.72 bits per heavy atom. The van der Waals surface area contributed by atoms with Gasteiger partial charge in [0.25, 0.3) is 5.91 Å². The third kappa shape index (κ3) is 4.28. The summed E-state index contributed by atoms with van der Waals surface area (Å²) in [6, 6.07) is 5.07. The number of aliphatic hydroxyl groups is 1. The first-order valence-corrected chi connectivity index (χ1v) is 5.31. The van der Waals surface area contributed by atoms with Crippen molar-refractivity contribution in [1.82, 2.24) is 5.32 Å². The number of benzene rings is 1. The molecule has 0 spiro atoms. The molecule has 0 aliphatic carbocycles. The Kier molecular flexibility index (Phi) is 4.90. The summed E-state index contributed by atoms with van der Waals surface area (Å²) < 4.78 is 0. The molecule has 5 nitrogen and oxygen atoms in total. The van der Waals surface area contributed by atoms with Crippen molar-refractivity contribution in [3.8, 4) is 11.8 Å². The quantitative estimate of drug-likeness (QED) is 0.631. The van der Waals surface area contributed by atoms with E-state index < -0.39 is 5.91 Å². The van der Waals surface area contributed by atoms with E-state index in [0.29, 0.717) is 11.1 Å². The monoisotopic (exact) mass is 246 g/mol. The molecule has 0 bridgehead atoms. The first-order valence-electron chi connectivity index (χ1n) is 5.31. The number of aliphatic hydroxyl groups excluding tert-OH is 1. The fourth-order valence-corrected chi connectivity index (χ4v) is 1.40. The molecule has 2 amide bonds. The summed E-state index contributed by atoms with van der Waals surface area (Å²) in [6.07, 6.45) is 0. The molecule has 0 saturated carbocycles. The van der Waals surface area contributed by atoms with Crippen LogP contribution in [0.1, 0.15) is 21.5 Å². The summed E-state index contributed by atoms with van der Waals surface area (Å²) in [5.41, 5.74) is 6.84. The van der Waals surface area contributed by atoms with Gasteiger partial charge in [-0.3, -0.25) is 9.59 Å². The highest BCUT2D eigenvalue weighted by atomic mass is 16.2. The van der Waals surface area contributed by atoms with Gasteiger partial charge in [-0.05, 0) is 30.7 Å². The number of carbonyl (C=O) groups is 2. The van der Waals surface area contributed by atoms with E-state index in [4.69, 9.17) is 10.8 Å². The number of amides is 2. The lowest BCUT2D eigenvalue weighted by atomic mass is 10.1. The number of primary amides is 1. The van der Waals surface area contributed by atoms with Crippen molar-refractivity contribution in [1.29, 1.82) is 0 Å². The largest absolute Gasteiger partial charge is 0.384 e. The molecule has 5 heteroatoms. The lowest BCUT2D eigenvalue weighted by molar-refractivity contribution is -0.117. The number of nitrogens with two attached hydrogens (primary N) is 1. The number of aryl methyl sites for hydroxylation is 1. The van der Waals surface area contributed by atoms with E-state index in [1.165, 1.54) is 0 Å². The molecule has 0 atom stereocenters. The summed E-state index contributed by atoms with van der Waals surface area (Å²) >= 11 is 0. The highest BCUT2D eigenvalue weighted by Gasteiger charge is 2.07. The van der Waals surface area contributed by atoms with E-state index in [2.05, 4.69) is 17.2 Å². The molecule has 4 N–H and O–H groups in total. The van der Waals surface area contributed by atoms with Gasteiger partial charge >= 0.3 is 0 Å². The zero-order chi connectivity index (χ0) is 13.5. The SMILES string of the molecule is Cc1cc(C#CCO)cc(C(=O)NCC(N)=O)c1. The highest BCUT2D eigenvalue weighted by Crippen LogP contribution is 2.08. The first-order chi connectivity index (χ1) is 8.52. The number of carbonyl (C=O) groups excluding carboxylic acids is 2. The van der Waals surface area contributed by atoms with Crippen LogP contribution in [0.2, 0.25) is 0 Å². The lowest BCUT2D eigenvalue weighted by Crippen LogP contribution is -2.33. The Bertz CT molecular complexity index is 527. The maximum absolute atomic E-state index is 11.7. The van der Waals surface area contributed by atoms with Gasteiger partial charge in [0.05, 0.1) is 6.54 Å². The minimum absolute atomic E-state index is 0.204. The lowest BCUT2D eigenvalue weighted by Gasteiger charge is -2.05. The third-order valence-electron chi connectivity index (χ3n) is 2.07. The smallest absolute Gasteiger partial charge is 0.251 e. The second-order valence-corrected chi connectivity index (χ2v) is 3.70. The van der Waals surface area contributed by atoms with Crippen molar-refractivity contribution in [2.75, 3.05) is 13.2 Å². The van der Waals surface area contributed by atoms with Gasteiger partial charge in [0, 0.05) is 11.1 Å². The van der Waals surface area contributed by atoms with E-state index >= 15 is 0 Å². The van der Waals surface area contributed by atoms with E-state index in [1.54, 1.807) is 18.2 Å². The molecule has 0 aliphatic heterocycles. The van der Waals surface area contributed by atoms with Gasteiger partial charge in [-0.25, -0.2) is 0 Å². The summed E-state index contributed by atoms with van der Waals surface area (Å²) in [7, 11) is 0. The summed E-state index contributed by atoms with van der Waals surface area (Å²) in [5.74, 6) is 4.25. The van der Waals surface area contributed by atoms with Crippen LogP contribution in [0.3, 0.4) is 0 Å². The Morgan fingerprint density at radius 1 is 1.39 bits per heavy atom. The van der Waals surface area contributed by atoms with Crippen molar-refractivity contribution in [3.63, 3.8) is 0 Å². The zero-order valence-electron chi connectivity index (χ0n) is 9.99. The molecule has 1 aromatic rings. The van der Waals surface area contributed by atoms with Crippen molar-refractivity contribution < 1.29 is 14.7 Å². The number of hydrogen-bond donors (Lipinski definition) is 3. The van der Waals surface area contributed by atoms with Gasteiger partial charge in [-0.15, -0.1) is 0 Å². The van der Waals surface area contributed by atoms with Gasteiger partial charge in [0.2, 0.25) is 5.91 Å². The third-order valence-corrected chi connectivity index (χ3v) is 2.07. The fraction of sp³-hybridized carbons (Fsp3) is 0.231. The topological polar surface area (TPSA) is 92.4 Å². The number of hydrogen-bond acceptors (Lipinski definition) is 3. The molecule has 18 heavy (non-hydrogen) atoms. The van der Waals surface area contributed by atoms with Gasteiger partial charge in [0.15, 0.2) is 0 Å². The molecule has 0 fully saturated rings. The van der Waals surface area contributed by atoms with Crippen LogP contribution in [0.5, 0.6) is 0 Å². The van der Waals surface area contributed by atoms with E-state index in [9.17, 15) is 9.59 Å². The standard InChI is InChI=1S/C13H14N2O3/c1-9-5-10(3-2-4-16)7-11(6-9)13(18)15-8-12(14)17/h5-7,16H,4,8H2,1H3,(H2,14,17)(H,15,18). The summed E-state index contributed by atoms with van der Waals surface area (Å²) in [4.78, 5) is 22.3. The molecule has 0 heterocycles. The van der Waals surface area contributed by atoms with E-state index in [1.807, 2.05) is 6.92 Å².